The van der Waals surface area contributed by atoms with Crippen molar-refractivity contribution in [3.8, 4) is 0 Å². The zero-order valence-electron chi connectivity index (χ0n) is 10.3. The van der Waals surface area contributed by atoms with Crippen LogP contribution in [0.25, 0.3) is 0 Å². The molecule has 0 aliphatic rings. The van der Waals surface area contributed by atoms with E-state index in [0.717, 1.165) is 6.08 Å². The third kappa shape index (κ3) is 2.98. The number of benzene rings is 1. The van der Waals surface area contributed by atoms with E-state index in [1.807, 2.05) is 0 Å². The SMILES string of the molecule is C=CCC(NC(=O)c1ccccc1)(C(=O)O)C(F)(F)F. The molecular formula is C13H12F3NO3. The summed E-state index contributed by atoms with van der Waals surface area (Å²) >= 11 is 0. The standard InChI is InChI=1S/C13H12F3NO3/c1-2-8-12(11(19)20,13(14,15)16)17-10(18)9-6-4-3-5-7-9/h2-7H,1,8H2,(H,17,18)(H,19,20). The Balaban J connectivity index is 3.17. The number of nitrogens with one attached hydrogen (secondary N) is 1. The number of hydrogen-bond acceptors (Lipinski definition) is 2. The van der Waals surface area contributed by atoms with Gasteiger partial charge in [-0.2, -0.15) is 13.2 Å². The Bertz CT molecular complexity index is 513. The molecule has 1 aromatic rings. The number of carboxylic acid groups (broad SMARTS) is 1. The number of amides is 1. The molecule has 2 N–H and O–H groups in total. The van der Waals surface area contributed by atoms with E-state index in [0.29, 0.717) is 0 Å². The van der Waals surface area contributed by atoms with Crippen LogP contribution >= 0.6 is 0 Å². The summed E-state index contributed by atoms with van der Waals surface area (Å²) in [5.41, 5.74) is -3.45. The third-order valence-electron chi connectivity index (χ3n) is 2.66. The summed E-state index contributed by atoms with van der Waals surface area (Å²) in [6.45, 7) is 3.11. The molecule has 1 unspecified atom stereocenters. The maximum absolute atomic E-state index is 13.0. The minimum Gasteiger partial charge on any atom is -0.479 e. The summed E-state index contributed by atoms with van der Waals surface area (Å²) in [6.07, 6.45) is -5.32. The summed E-state index contributed by atoms with van der Waals surface area (Å²) in [7, 11) is 0. The molecule has 1 rings (SSSR count). The molecule has 0 heterocycles. The molecule has 0 saturated carbocycles. The Morgan fingerprint density at radius 3 is 2.20 bits per heavy atom. The van der Waals surface area contributed by atoms with Crippen molar-refractivity contribution in [3.05, 3.63) is 48.6 Å². The average Bonchev–Trinajstić information content (AvgIpc) is 2.37. The van der Waals surface area contributed by atoms with E-state index < -0.39 is 30.0 Å². The summed E-state index contributed by atoms with van der Waals surface area (Å²) < 4.78 is 39.1. The van der Waals surface area contributed by atoms with Crippen molar-refractivity contribution in [2.75, 3.05) is 0 Å². The van der Waals surface area contributed by atoms with Crippen LogP contribution in [0.1, 0.15) is 16.8 Å². The van der Waals surface area contributed by atoms with Gasteiger partial charge in [0, 0.05) is 12.0 Å². The molecule has 0 spiro atoms. The normalized spacial score (nSPS) is 14.2. The van der Waals surface area contributed by atoms with Gasteiger partial charge in [0.25, 0.3) is 5.91 Å². The van der Waals surface area contributed by atoms with Crippen LogP contribution in [0.5, 0.6) is 0 Å². The van der Waals surface area contributed by atoms with Crippen molar-refractivity contribution in [2.45, 2.75) is 18.1 Å². The molecule has 1 atom stereocenters. The highest BCUT2D eigenvalue weighted by atomic mass is 19.4. The molecule has 0 bridgehead atoms. The summed E-state index contributed by atoms with van der Waals surface area (Å²) in [5, 5.41) is 10.5. The quantitative estimate of drug-likeness (QED) is 0.817. The van der Waals surface area contributed by atoms with Gasteiger partial charge in [-0.25, -0.2) is 4.79 Å². The van der Waals surface area contributed by atoms with Crippen molar-refractivity contribution in [2.24, 2.45) is 0 Å². The Labute approximate surface area is 112 Å². The second kappa shape index (κ2) is 5.77. The van der Waals surface area contributed by atoms with Crippen molar-refractivity contribution >= 4 is 11.9 Å². The number of rotatable bonds is 5. The van der Waals surface area contributed by atoms with Gasteiger partial charge >= 0.3 is 12.1 Å². The van der Waals surface area contributed by atoms with Gasteiger partial charge in [0.2, 0.25) is 5.54 Å². The lowest BCUT2D eigenvalue weighted by Crippen LogP contribution is -2.63. The van der Waals surface area contributed by atoms with Crippen LogP contribution < -0.4 is 5.32 Å². The zero-order chi connectivity index (χ0) is 15.4. The first kappa shape index (κ1) is 15.7. The number of aliphatic carboxylic acids is 1. The van der Waals surface area contributed by atoms with Crippen LogP contribution in [0.4, 0.5) is 13.2 Å². The Kier molecular flexibility index (Phi) is 4.54. The van der Waals surface area contributed by atoms with Crippen LogP contribution in [-0.2, 0) is 4.79 Å². The molecule has 20 heavy (non-hydrogen) atoms. The van der Waals surface area contributed by atoms with Gasteiger partial charge in [-0.1, -0.05) is 24.3 Å². The topological polar surface area (TPSA) is 66.4 Å². The smallest absolute Gasteiger partial charge is 0.422 e. The molecule has 1 aromatic carbocycles. The van der Waals surface area contributed by atoms with Crippen LogP contribution in [0, 0.1) is 0 Å². The number of hydrogen-bond donors (Lipinski definition) is 2. The molecule has 1 amide bonds. The largest absolute Gasteiger partial charge is 0.479 e. The van der Waals surface area contributed by atoms with Gasteiger partial charge in [-0.15, -0.1) is 6.58 Å². The molecule has 0 aliphatic heterocycles. The minimum absolute atomic E-state index is 0.0635. The van der Waals surface area contributed by atoms with Crippen molar-refractivity contribution in [1.29, 1.82) is 0 Å². The fourth-order valence-corrected chi connectivity index (χ4v) is 1.57. The van der Waals surface area contributed by atoms with Gasteiger partial charge in [0.15, 0.2) is 0 Å². The molecule has 0 aromatic heterocycles. The molecule has 108 valence electrons. The molecule has 4 nitrogen and oxygen atoms in total. The molecule has 0 fully saturated rings. The number of carbonyl (C=O) groups is 2. The fourth-order valence-electron chi connectivity index (χ4n) is 1.57. The van der Waals surface area contributed by atoms with E-state index in [1.54, 1.807) is 11.4 Å². The van der Waals surface area contributed by atoms with Crippen LogP contribution in [0.3, 0.4) is 0 Å². The Hall–Kier alpha value is -2.31. The predicted octanol–water partition coefficient (Wildman–Crippen LogP) is 2.38. The molecule has 0 aliphatic carbocycles. The average molecular weight is 287 g/mol. The first-order valence-corrected chi connectivity index (χ1v) is 5.53. The van der Waals surface area contributed by atoms with Gasteiger partial charge in [0.05, 0.1) is 0 Å². The Morgan fingerprint density at radius 2 is 1.80 bits per heavy atom. The lowest BCUT2D eigenvalue weighted by atomic mass is 9.93. The lowest BCUT2D eigenvalue weighted by molar-refractivity contribution is -0.206. The summed E-state index contributed by atoms with van der Waals surface area (Å²) in [6, 6.07) is 7.06. The van der Waals surface area contributed by atoms with E-state index >= 15 is 0 Å². The lowest BCUT2D eigenvalue weighted by Gasteiger charge is -2.31. The second-order valence-corrected chi connectivity index (χ2v) is 4.02. The summed E-state index contributed by atoms with van der Waals surface area (Å²) in [4.78, 5) is 22.8. The number of alkyl halides is 3. The molecule has 0 radical (unpaired) electrons. The van der Waals surface area contributed by atoms with Gasteiger partial charge in [-0.3, -0.25) is 4.79 Å². The van der Waals surface area contributed by atoms with Crippen LogP contribution in [-0.4, -0.2) is 28.7 Å². The van der Waals surface area contributed by atoms with E-state index in [4.69, 9.17) is 5.11 Å². The highest BCUT2D eigenvalue weighted by molar-refractivity contribution is 5.98. The van der Waals surface area contributed by atoms with E-state index in [1.165, 1.54) is 24.3 Å². The van der Waals surface area contributed by atoms with Crippen molar-refractivity contribution < 1.29 is 27.9 Å². The van der Waals surface area contributed by atoms with E-state index in [2.05, 4.69) is 6.58 Å². The maximum atomic E-state index is 13.0. The highest BCUT2D eigenvalue weighted by Gasteiger charge is 2.61. The van der Waals surface area contributed by atoms with Crippen molar-refractivity contribution in [3.63, 3.8) is 0 Å². The first-order chi connectivity index (χ1) is 9.24. The maximum Gasteiger partial charge on any atom is 0.422 e. The molecule has 7 heteroatoms. The van der Waals surface area contributed by atoms with Crippen LogP contribution in [0.15, 0.2) is 43.0 Å². The van der Waals surface area contributed by atoms with Gasteiger partial charge in [0.1, 0.15) is 0 Å². The monoisotopic (exact) mass is 287 g/mol. The predicted molar refractivity (Wildman–Crippen MR) is 65.1 cm³/mol. The third-order valence-corrected chi connectivity index (χ3v) is 2.66. The van der Waals surface area contributed by atoms with E-state index in [9.17, 15) is 22.8 Å². The van der Waals surface area contributed by atoms with Gasteiger partial charge in [-0.05, 0) is 12.1 Å². The highest BCUT2D eigenvalue weighted by Crippen LogP contribution is 2.34. The number of halogens is 3. The Morgan fingerprint density at radius 1 is 1.25 bits per heavy atom. The molecular weight excluding hydrogens is 275 g/mol. The first-order valence-electron chi connectivity index (χ1n) is 5.53. The second-order valence-electron chi connectivity index (χ2n) is 4.02. The van der Waals surface area contributed by atoms with Gasteiger partial charge < -0.3 is 10.4 Å². The molecule has 0 saturated heterocycles. The number of carbonyl (C=O) groups excluding carboxylic acids is 1. The van der Waals surface area contributed by atoms with Crippen LogP contribution in [0.2, 0.25) is 0 Å². The zero-order valence-corrected chi connectivity index (χ0v) is 10.3. The minimum atomic E-state index is -5.16. The van der Waals surface area contributed by atoms with Crippen molar-refractivity contribution in [1.82, 2.24) is 5.32 Å². The fraction of sp³-hybridized carbons (Fsp3) is 0.231. The summed E-state index contributed by atoms with van der Waals surface area (Å²) in [5.74, 6) is -3.30. The van der Waals surface area contributed by atoms with E-state index in [-0.39, 0.29) is 5.56 Å². The number of carboxylic acids is 1.